The monoisotopic (exact) mass is 408 g/mol. The third-order valence-corrected chi connectivity index (χ3v) is 4.01. The number of pyridine rings is 1. The summed E-state index contributed by atoms with van der Waals surface area (Å²) >= 11 is 0. The Hall–Kier alpha value is -1.08. The molecule has 25 heavy (non-hydrogen) atoms. The Kier molecular flexibility index (Phi) is 6.90. The summed E-state index contributed by atoms with van der Waals surface area (Å²) in [5, 5.41) is 3.94. The van der Waals surface area contributed by atoms with E-state index in [1.807, 2.05) is 39.0 Å². The van der Waals surface area contributed by atoms with Gasteiger partial charge in [0.25, 0.3) is 5.69 Å². The van der Waals surface area contributed by atoms with Crippen LogP contribution in [0.1, 0.15) is 31.0 Å². The molecule has 3 rings (SSSR count). The van der Waals surface area contributed by atoms with E-state index in [1.165, 1.54) is 10.6 Å². The molecule has 2 heterocycles. The van der Waals surface area contributed by atoms with Gasteiger partial charge in [-0.1, -0.05) is 36.8 Å². The number of nitrogens with one attached hydrogen (secondary N) is 1. The topological polar surface area (TPSA) is 78.1 Å². The van der Waals surface area contributed by atoms with Gasteiger partial charge in [-0.05, 0) is 43.7 Å². The van der Waals surface area contributed by atoms with Crippen LogP contribution in [0.2, 0.25) is 0 Å². The molecule has 124 valence electrons. The van der Waals surface area contributed by atoms with E-state index in [9.17, 15) is 9.59 Å². The van der Waals surface area contributed by atoms with Gasteiger partial charge in [0.1, 0.15) is 5.82 Å². The molecule has 0 aliphatic rings. The average Bonchev–Trinajstić information content (AvgIpc) is 2.54. The van der Waals surface area contributed by atoms with Crippen LogP contribution in [0.5, 0.6) is 0 Å². The van der Waals surface area contributed by atoms with Crippen molar-refractivity contribution in [1.82, 2.24) is 14.5 Å². The number of nitrogens with zero attached hydrogens (tertiary/aromatic N) is 3. The number of fused-ring (bicyclic) bond motifs is 1. The first kappa shape index (κ1) is 20.2. The number of rotatable bonds is 4. The molecular formula is C18H19N4O2Rb. The zero-order valence-corrected chi connectivity index (χ0v) is 19.8. The number of benzene rings is 1. The van der Waals surface area contributed by atoms with Crippen LogP contribution in [-0.4, -0.2) is 9.55 Å². The van der Waals surface area contributed by atoms with Crippen molar-refractivity contribution in [3.05, 3.63) is 68.4 Å². The molecule has 1 unspecified atom stereocenters. The summed E-state index contributed by atoms with van der Waals surface area (Å²) in [5.74, 6) is 0.446. The maximum absolute atomic E-state index is 12.2. The first-order chi connectivity index (χ1) is 11.5. The molecule has 1 aromatic carbocycles. The zero-order valence-electron chi connectivity index (χ0n) is 14.9. The van der Waals surface area contributed by atoms with E-state index in [-0.39, 0.29) is 69.8 Å². The molecule has 3 aromatic rings. The molecule has 6 nitrogen and oxygen atoms in total. The Labute approximate surface area is 194 Å². The van der Waals surface area contributed by atoms with E-state index in [0.717, 1.165) is 11.1 Å². The molecule has 0 bridgehead atoms. The third kappa shape index (κ3) is 4.37. The minimum atomic E-state index is -0.415. The maximum atomic E-state index is 12.2. The Bertz CT molecular complexity index is 1010. The summed E-state index contributed by atoms with van der Waals surface area (Å²) in [6, 6.07) is 11.1. The van der Waals surface area contributed by atoms with Crippen molar-refractivity contribution in [2.45, 2.75) is 33.4 Å². The van der Waals surface area contributed by atoms with Crippen molar-refractivity contribution in [2.75, 3.05) is 5.32 Å². The molecule has 1 N–H and O–H groups in total. The molecule has 0 saturated heterocycles. The summed E-state index contributed by atoms with van der Waals surface area (Å²) < 4.78 is 1.40. The Morgan fingerprint density at radius 1 is 1.24 bits per heavy atom. The van der Waals surface area contributed by atoms with Gasteiger partial charge >= 0.3 is 58.2 Å². The van der Waals surface area contributed by atoms with Crippen molar-refractivity contribution in [3.63, 3.8) is 0 Å². The fourth-order valence-corrected chi connectivity index (χ4v) is 2.75. The Morgan fingerprint density at radius 3 is 2.68 bits per heavy atom. The van der Waals surface area contributed by atoms with Gasteiger partial charge in [0.2, 0.25) is 0 Å². The molecular weight excluding hydrogens is 390 g/mol. The van der Waals surface area contributed by atoms with Gasteiger partial charge in [-0.25, -0.2) is 0 Å². The van der Waals surface area contributed by atoms with Gasteiger partial charge in [0.05, 0.1) is 0 Å². The minimum Gasteiger partial charge on any atom is -0.400 e. The second-order valence-electron chi connectivity index (χ2n) is 5.79. The van der Waals surface area contributed by atoms with Crippen LogP contribution < -0.4 is 79.7 Å². The fourth-order valence-electron chi connectivity index (χ4n) is 2.75. The van der Waals surface area contributed by atoms with Crippen molar-refractivity contribution in [2.24, 2.45) is 0 Å². The van der Waals surface area contributed by atoms with Crippen LogP contribution in [0.15, 0.2) is 46.0 Å². The van der Waals surface area contributed by atoms with Crippen LogP contribution in [0, 0.1) is 6.92 Å². The summed E-state index contributed by atoms with van der Waals surface area (Å²) in [6.07, 6.45) is 0. The van der Waals surface area contributed by atoms with E-state index < -0.39 is 5.69 Å². The van der Waals surface area contributed by atoms with Crippen LogP contribution in [0.25, 0.3) is 11.0 Å². The van der Waals surface area contributed by atoms with Gasteiger partial charge in [0.15, 0.2) is 5.56 Å². The van der Waals surface area contributed by atoms with E-state index in [4.69, 9.17) is 0 Å². The van der Waals surface area contributed by atoms with E-state index in [2.05, 4.69) is 21.4 Å². The largest absolute Gasteiger partial charge is 1.00 e. The first-order valence-electron chi connectivity index (χ1n) is 7.91. The Morgan fingerprint density at radius 2 is 2.00 bits per heavy atom. The second kappa shape index (κ2) is 8.53. The quantitative estimate of drug-likeness (QED) is 0.613. The van der Waals surface area contributed by atoms with Crippen LogP contribution in [0.4, 0.5) is 5.82 Å². The van der Waals surface area contributed by atoms with Gasteiger partial charge < -0.3 is 14.9 Å². The number of aromatic nitrogens is 3. The normalized spacial score (nSPS) is 11.8. The van der Waals surface area contributed by atoms with Crippen LogP contribution >= 0.6 is 0 Å². The van der Waals surface area contributed by atoms with Crippen molar-refractivity contribution < 1.29 is 58.2 Å². The summed E-state index contributed by atoms with van der Waals surface area (Å²) in [4.78, 5) is 32.0. The van der Waals surface area contributed by atoms with Crippen molar-refractivity contribution in [1.29, 1.82) is 0 Å². The summed E-state index contributed by atoms with van der Waals surface area (Å²) in [5.41, 5.74) is 1.84. The van der Waals surface area contributed by atoms with Crippen LogP contribution in [0.3, 0.4) is 0 Å². The predicted octanol–water partition coefficient (Wildman–Crippen LogP) is -0.781. The van der Waals surface area contributed by atoms with E-state index in [1.54, 1.807) is 6.07 Å². The third-order valence-electron chi connectivity index (χ3n) is 4.01. The summed E-state index contributed by atoms with van der Waals surface area (Å²) in [7, 11) is 0. The smallest absolute Gasteiger partial charge is 0.400 e. The van der Waals surface area contributed by atoms with Crippen molar-refractivity contribution in [3.8, 4) is 0 Å². The molecule has 0 spiro atoms. The maximum Gasteiger partial charge on any atom is 1.00 e. The molecule has 2 aromatic heterocycles. The standard InChI is InChI=1S/C18H20N4O2.Rb/c1-4-22-17-14(8-9-15(23)20-17)16(21-18(22)24)19-12(3)13-7-5-6-11(2)10-13;/h5-10,12H,4H2,1-3H3,(H2,19,20,21,23,24);/q;+1/p-1. The number of anilines is 1. The molecule has 7 heteroatoms. The van der Waals surface area contributed by atoms with Crippen LogP contribution in [-0.2, 0) is 6.54 Å². The van der Waals surface area contributed by atoms with E-state index >= 15 is 0 Å². The average molecular weight is 409 g/mol. The molecule has 1 atom stereocenters. The summed E-state index contributed by atoms with van der Waals surface area (Å²) in [6.45, 7) is 6.27. The first-order valence-corrected chi connectivity index (χ1v) is 7.91. The number of hydrogen-bond donors (Lipinski definition) is 1. The van der Waals surface area contributed by atoms with Gasteiger partial charge in [-0.15, -0.1) is 0 Å². The fraction of sp³-hybridized carbons (Fsp3) is 0.278. The number of aryl methyl sites for hydroxylation is 2. The van der Waals surface area contributed by atoms with Gasteiger partial charge in [0, 0.05) is 11.4 Å². The molecule has 0 amide bonds. The SMILES string of the molecule is CCn1c(=O)nc(NC(C)c2cccc(C)c2)c2ccc(=O)[n-]c21.[Rb+]. The Balaban J connectivity index is 0.00000225. The van der Waals surface area contributed by atoms with E-state index in [0.29, 0.717) is 23.4 Å². The van der Waals surface area contributed by atoms with Crippen molar-refractivity contribution >= 4 is 16.9 Å². The predicted molar refractivity (Wildman–Crippen MR) is 94.5 cm³/mol. The molecule has 0 aliphatic carbocycles. The van der Waals surface area contributed by atoms with Gasteiger partial charge in [-0.3, -0.25) is 9.59 Å². The van der Waals surface area contributed by atoms with Gasteiger partial charge in [-0.2, -0.15) is 4.98 Å². The minimum absolute atomic E-state index is 0. The molecule has 0 aliphatic heterocycles. The molecule has 0 saturated carbocycles. The molecule has 0 fully saturated rings. The molecule has 0 radical (unpaired) electrons. The zero-order chi connectivity index (χ0) is 17.3. The number of hydrogen-bond acceptors (Lipinski definition) is 4. The second-order valence-corrected chi connectivity index (χ2v) is 5.79.